The zero-order valence-electron chi connectivity index (χ0n) is 11.9. The number of nitrogens with zero attached hydrogens (tertiary/aromatic N) is 1. The summed E-state index contributed by atoms with van der Waals surface area (Å²) < 4.78 is 0. The van der Waals surface area contributed by atoms with Gasteiger partial charge in [0.25, 0.3) is 0 Å². The van der Waals surface area contributed by atoms with Gasteiger partial charge in [0.15, 0.2) is 0 Å². The minimum Gasteiger partial charge on any atom is -0.310 e. The van der Waals surface area contributed by atoms with Crippen LogP contribution >= 0.6 is 0 Å². The van der Waals surface area contributed by atoms with Crippen LogP contribution in [0, 0.1) is 0 Å². The van der Waals surface area contributed by atoms with Gasteiger partial charge in [-0.1, -0.05) is 12.2 Å². The molecule has 0 aliphatic carbocycles. The molecule has 2 heteroatoms. The summed E-state index contributed by atoms with van der Waals surface area (Å²) in [6, 6.07) is 0.609. The molecule has 0 unspecified atom stereocenters. The van der Waals surface area contributed by atoms with E-state index >= 15 is 0 Å². The van der Waals surface area contributed by atoms with E-state index in [1.165, 1.54) is 18.4 Å². The molecule has 2 nitrogen and oxygen atoms in total. The topological polar surface area (TPSA) is 15.3 Å². The van der Waals surface area contributed by atoms with Gasteiger partial charge in [-0.05, 0) is 54.5 Å². The number of rotatable bonds is 3. The Morgan fingerprint density at radius 1 is 1.25 bits per heavy atom. The van der Waals surface area contributed by atoms with E-state index in [1.54, 1.807) is 0 Å². The molecule has 0 spiro atoms. The van der Waals surface area contributed by atoms with Crippen molar-refractivity contribution in [1.29, 1.82) is 0 Å². The molecule has 1 fully saturated rings. The maximum atomic E-state index is 3.95. The standard InChI is InChI=1S/C14H28N2/c1-11(2)10-15-12-8-13(3,4)16(7)14(5,6)9-12/h12,15H,1,8-10H2,2-7H3. The van der Waals surface area contributed by atoms with E-state index in [0.29, 0.717) is 6.04 Å². The largest absolute Gasteiger partial charge is 0.310 e. The van der Waals surface area contributed by atoms with E-state index in [4.69, 9.17) is 0 Å². The first-order valence-electron chi connectivity index (χ1n) is 6.27. The molecule has 94 valence electrons. The summed E-state index contributed by atoms with van der Waals surface area (Å²) in [5, 5.41) is 3.63. The second-order valence-electron chi connectivity index (χ2n) is 6.63. The maximum Gasteiger partial charge on any atom is 0.0170 e. The monoisotopic (exact) mass is 224 g/mol. The van der Waals surface area contributed by atoms with Crippen LogP contribution in [0.5, 0.6) is 0 Å². The summed E-state index contributed by atoms with van der Waals surface area (Å²) in [6.45, 7) is 16.3. The Labute approximate surface area is 101 Å². The summed E-state index contributed by atoms with van der Waals surface area (Å²) >= 11 is 0. The highest BCUT2D eigenvalue weighted by Gasteiger charge is 2.42. The Morgan fingerprint density at radius 2 is 1.69 bits per heavy atom. The summed E-state index contributed by atoms with van der Waals surface area (Å²) in [7, 11) is 2.25. The third-order valence-corrected chi connectivity index (χ3v) is 4.00. The molecule has 1 saturated heterocycles. The average molecular weight is 224 g/mol. The quantitative estimate of drug-likeness (QED) is 0.742. The predicted octanol–water partition coefficient (Wildman–Crippen LogP) is 2.80. The average Bonchev–Trinajstić information content (AvgIpc) is 2.10. The van der Waals surface area contributed by atoms with Gasteiger partial charge in [0.1, 0.15) is 0 Å². The molecule has 0 atom stereocenters. The van der Waals surface area contributed by atoms with E-state index in [-0.39, 0.29) is 11.1 Å². The van der Waals surface area contributed by atoms with E-state index in [0.717, 1.165) is 6.54 Å². The van der Waals surface area contributed by atoms with Gasteiger partial charge in [-0.25, -0.2) is 0 Å². The molecule has 1 rings (SSSR count). The molecule has 0 aromatic carbocycles. The highest BCUT2D eigenvalue weighted by atomic mass is 15.2. The van der Waals surface area contributed by atoms with Crippen LogP contribution in [0.3, 0.4) is 0 Å². The second kappa shape index (κ2) is 4.50. The highest BCUT2D eigenvalue weighted by Crippen LogP contribution is 2.36. The van der Waals surface area contributed by atoms with Gasteiger partial charge < -0.3 is 5.32 Å². The van der Waals surface area contributed by atoms with Crippen molar-refractivity contribution in [3.63, 3.8) is 0 Å². The number of likely N-dealkylation sites (tertiary alicyclic amines) is 1. The van der Waals surface area contributed by atoms with Gasteiger partial charge in [0.2, 0.25) is 0 Å². The van der Waals surface area contributed by atoms with Gasteiger partial charge in [-0.2, -0.15) is 0 Å². The Kier molecular flexibility index (Phi) is 3.86. The van der Waals surface area contributed by atoms with Crippen LogP contribution in [0.25, 0.3) is 0 Å². The Bertz CT molecular complexity index is 248. The summed E-state index contributed by atoms with van der Waals surface area (Å²) in [5.74, 6) is 0. The van der Waals surface area contributed by atoms with E-state index in [9.17, 15) is 0 Å². The molecule has 16 heavy (non-hydrogen) atoms. The fourth-order valence-electron chi connectivity index (χ4n) is 2.83. The van der Waals surface area contributed by atoms with E-state index < -0.39 is 0 Å². The van der Waals surface area contributed by atoms with E-state index in [2.05, 4.69) is 58.5 Å². The molecule has 1 N–H and O–H groups in total. The van der Waals surface area contributed by atoms with Crippen molar-refractivity contribution in [1.82, 2.24) is 10.2 Å². The first-order chi connectivity index (χ1) is 7.15. The fourth-order valence-corrected chi connectivity index (χ4v) is 2.83. The van der Waals surface area contributed by atoms with Gasteiger partial charge in [-0.15, -0.1) is 0 Å². The van der Waals surface area contributed by atoms with Gasteiger partial charge in [0.05, 0.1) is 0 Å². The number of nitrogens with one attached hydrogen (secondary N) is 1. The third-order valence-electron chi connectivity index (χ3n) is 4.00. The molecule has 1 aliphatic rings. The van der Waals surface area contributed by atoms with Crippen molar-refractivity contribution in [3.8, 4) is 0 Å². The Morgan fingerprint density at radius 3 is 2.06 bits per heavy atom. The second-order valence-corrected chi connectivity index (χ2v) is 6.63. The number of hydrogen-bond acceptors (Lipinski definition) is 2. The maximum absolute atomic E-state index is 3.95. The Hall–Kier alpha value is -0.340. The first kappa shape index (κ1) is 13.7. The molecule has 0 amide bonds. The van der Waals surface area contributed by atoms with Gasteiger partial charge in [-0.3, -0.25) is 4.90 Å². The summed E-state index contributed by atoms with van der Waals surface area (Å²) in [5.41, 5.74) is 1.76. The van der Waals surface area contributed by atoms with Crippen molar-refractivity contribution in [2.75, 3.05) is 13.6 Å². The van der Waals surface area contributed by atoms with Crippen LogP contribution in [0.1, 0.15) is 47.5 Å². The fraction of sp³-hybridized carbons (Fsp3) is 0.857. The minimum atomic E-state index is 0.272. The van der Waals surface area contributed by atoms with Crippen molar-refractivity contribution >= 4 is 0 Å². The molecule has 0 aromatic rings. The van der Waals surface area contributed by atoms with Crippen LogP contribution < -0.4 is 5.32 Å². The molecular weight excluding hydrogens is 196 g/mol. The molecule has 1 aliphatic heterocycles. The van der Waals surface area contributed by atoms with Crippen molar-refractivity contribution in [3.05, 3.63) is 12.2 Å². The van der Waals surface area contributed by atoms with Crippen LogP contribution in [0.15, 0.2) is 12.2 Å². The molecule has 0 saturated carbocycles. The molecule has 0 aromatic heterocycles. The number of hydrogen-bond donors (Lipinski definition) is 1. The third kappa shape index (κ3) is 3.08. The lowest BCUT2D eigenvalue weighted by Crippen LogP contribution is -2.62. The van der Waals surface area contributed by atoms with Crippen LogP contribution in [-0.2, 0) is 0 Å². The normalized spacial score (nSPS) is 25.6. The summed E-state index contributed by atoms with van der Waals surface area (Å²) in [6.07, 6.45) is 2.42. The van der Waals surface area contributed by atoms with Crippen molar-refractivity contribution in [2.45, 2.75) is 64.6 Å². The lowest BCUT2D eigenvalue weighted by Gasteiger charge is -2.53. The van der Waals surface area contributed by atoms with E-state index in [1.807, 2.05) is 0 Å². The zero-order chi connectivity index (χ0) is 12.6. The lowest BCUT2D eigenvalue weighted by atomic mass is 9.77. The smallest absolute Gasteiger partial charge is 0.0170 e. The van der Waals surface area contributed by atoms with Crippen molar-refractivity contribution < 1.29 is 0 Å². The van der Waals surface area contributed by atoms with Crippen LogP contribution in [0.4, 0.5) is 0 Å². The molecule has 0 radical (unpaired) electrons. The predicted molar refractivity (Wildman–Crippen MR) is 71.8 cm³/mol. The zero-order valence-corrected chi connectivity index (χ0v) is 11.9. The van der Waals surface area contributed by atoms with Crippen LogP contribution in [-0.4, -0.2) is 35.6 Å². The first-order valence-corrected chi connectivity index (χ1v) is 6.27. The Balaban J connectivity index is 2.67. The molecular formula is C14H28N2. The van der Waals surface area contributed by atoms with Gasteiger partial charge in [0, 0.05) is 23.7 Å². The molecule has 0 bridgehead atoms. The SMILES string of the molecule is C=C(C)CNC1CC(C)(C)N(C)C(C)(C)C1. The molecule has 1 heterocycles. The highest BCUT2D eigenvalue weighted by molar-refractivity contribution is 5.02. The minimum absolute atomic E-state index is 0.272. The van der Waals surface area contributed by atoms with Crippen LogP contribution in [0.2, 0.25) is 0 Å². The lowest BCUT2D eigenvalue weighted by molar-refractivity contribution is -0.0175. The number of piperidine rings is 1. The van der Waals surface area contributed by atoms with Crippen molar-refractivity contribution in [2.24, 2.45) is 0 Å². The summed E-state index contributed by atoms with van der Waals surface area (Å²) in [4.78, 5) is 2.51. The van der Waals surface area contributed by atoms with Gasteiger partial charge >= 0.3 is 0 Å².